The van der Waals surface area contributed by atoms with Gasteiger partial charge in [0.05, 0.1) is 15.9 Å². The lowest BCUT2D eigenvalue weighted by Crippen LogP contribution is -2.20. The topological polar surface area (TPSA) is 105 Å². The van der Waals surface area contributed by atoms with Gasteiger partial charge in [0, 0.05) is 0 Å². The molecular weight excluding hydrogens is 290 g/mol. The van der Waals surface area contributed by atoms with Gasteiger partial charge in [0.25, 0.3) is 5.95 Å². The predicted octanol–water partition coefficient (Wildman–Crippen LogP) is -0.277. The monoisotopic (exact) mass is 299 g/mol. The zero-order valence-electron chi connectivity index (χ0n) is 9.25. The van der Waals surface area contributed by atoms with Crippen LogP contribution in [0.3, 0.4) is 0 Å². The summed E-state index contributed by atoms with van der Waals surface area (Å²) in [7, 11) is 0. The number of nitrogens with two attached hydrogens (primary N) is 1. The molecule has 2 aromatic rings. The highest BCUT2D eigenvalue weighted by Gasteiger charge is 2.14. The Hall–Kier alpha value is -1.77. The van der Waals surface area contributed by atoms with Crippen LogP contribution in [0, 0.1) is 13.8 Å². The molecule has 2 aromatic heterocycles. The van der Waals surface area contributed by atoms with Gasteiger partial charge in [-0.15, -0.1) is 5.10 Å². The smallest absolute Gasteiger partial charge is 0.290 e. The summed E-state index contributed by atoms with van der Waals surface area (Å²) < 4.78 is 2.44. The standard InChI is InChI=1S/C8H10BrN7O/c1-4-7(9)5(2)16(12-4)8-11-14-15(13-8)3-6(10)17/h3H2,1-2H3,(H2,10,17). The second-order valence-corrected chi connectivity index (χ2v) is 4.28. The van der Waals surface area contributed by atoms with Crippen LogP contribution in [-0.2, 0) is 11.3 Å². The summed E-state index contributed by atoms with van der Waals surface area (Å²) in [6, 6.07) is 0. The highest BCUT2D eigenvalue weighted by Crippen LogP contribution is 2.21. The number of rotatable bonds is 3. The molecule has 0 radical (unpaired) electrons. The molecule has 1 amide bonds. The van der Waals surface area contributed by atoms with Crippen molar-refractivity contribution >= 4 is 21.8 Å². The van der Waals surface area contributed by atoms with E-state index in [0.29, 0.717) is 5.95 Å². The average molecular weight is 300 g/mol. The van der Waals surface area contributed by atoms with E-state index >= 15 is 0 Å². The van der Waals surface area contributed by atoms with Gasteiger partial charge in [-0.1, -0.05) is 5.10 Å². The number of hydrogen-bond donors (Lipinski definition) is 1. The highest BCUT2D eigenvalue weighted by atomic mass is 79.9. The van der Waals surface area contributed by atoms with Crippen LogP contribution < -0.4 is 5.73 Å². The highest BCUT2D eigenvalue weighted by molar-refractivity contribution is 9.10. The van der Waals surface area contributed by atoms with Gasteiger partial charge < -0.3 is 5.73 Å². The largest absolute Gasteiger partial charge is 0.368 e. The molecule has 0 aliphatic rings. The van der Waals surface area contributed by atoms with Crippen molar-refractivity contribution in [3.8, 4) is 5.95 Å². The van der Waals surface area contributed by atoms with Crippen molar-refractivity contribution < 1.29 is 4.79 Å². The average Bonchev–Trinajstić information content (AvgIpc) is 2.78. The van der Waals surface area contributed by atoms with Crippen LogP contribution in [0.5, 0.6) is 0 Å². The normalized spacial score (nSPS) is 10.8. The molecule has 2 rings (SSSR count). The minimum absolute atomic E-state index is 0.104. The number of carbonyl (C=O) groups is 1. The van der Waals surface area contributed by atoms with Crippen molar-refractivity contribution in [3.63, 3.8) is 0 Å². The van der Waals surface area contributed by atoms with Crippen molar-refractivity contribution in [2.45, 2.75) is 20.4 Å². The molecular formula is C8H10BrN7O. The number of hydrogen-bond acceptors (Lipinski definition) is 5. The van der Waals surface area contributed by atoms with Crippen LogP contribution in [0.4, 0.5) is 0 Å². The fourth-order valence-electron chi connectivity index (χ4n) is 1.34. The van der Waals surface area contributed by atoms with Crippen molar-refractivity contribution in [2.24, 2.45) is 5.73 Å². The lowest BCUT2D eigenvalue weighted by molar-refractivity contribution is -0.118. The third-order valence-corrected chi connectivity index (χ3v) is 3.28. The molecule has 0 saturated heterocycles. The van der Waals surface area contributed by atoms with E-state index in [0.717, 1.165) is 20.7 Å². The summed E-state index contributed by atoms with van der Waals surface area (Å²) >= 11 is 3.40. The molecule has 0 atom stereocenters. The molecule has 0 aliphatic heterocycles. The van der Waals surface area contributed by atoms with Crippen molar-refractivity contribution in [1.29, 1.82) is 0 Å². The summed E-state index contributed by atoms with van der Waals surface area (Å²) in [6.45, 7) is 3.63. The molecule has 17 heavy (non-hydrogen) atoms. The molecule has 0 saturated carbocycles. The second kappa shape index (κ2) is 4.24. The molecule has 0 fully saturated rings. The van der Waals surface area contributed by atoms with Gasteiger partial charge in [-0.25, -0.2) is 0 Å². The van der Waals surface area contributed by atoms with Crippen LogP contribution in [0.2, 0.25) is 0 Å². The fourth-order valence-corrected chi connectivity index (χ4v) is 1.59. The zero-order chi connectivity index (χ0) is 12.6. The van der Waals surface area contributed by atoms with Crippen molar-refractivity contribution in [3.05, 3.63) is 15.9 Å². The van der Waals surface area contributed by atoms with Crippen LogP contribution in [0.25, 0.3) is 5.95 Å². The summed E-state index contributed by atoms with van der Waals surface area (Å²) in [5.74, 6) is -0.221. The lowest BCUT2D eigenvalue weighted by atomic mass is 10.4. The fraction of sp³-hybridized carbons (Fsp3) is 0.375. The first-order valence-corrected chi connectivity index (χ1v) is 5.56. The molecule has 0 unspecified atom stereocenters. The number of primary amides is 1. The summed E-state index contributed by atoms with van der Waals surface area (Å²) in [6.07, 6.45) is 0. The van der Waals surface area contributed by atoms with E-state index in [1.165, 1.54) is 0 Å². The quantitative estimate of drug-likeness (QED) is 0.839. The molecule has 0 aromatic carbocycles. The Balaban J connectivity index is 2.37. The first-order chi connectivity index (χ1) is 7.99. The summed E-state index contributed by atoms with van der Waals surface area (Å²) in [5, 5.41) is 15.8. The van der Waals surface area contributed by atoms with E-state index in [9.17, 15) is 4.79 Å². The SMILES string of the molecule is Cc1nn(-c2nnn(CC(N)=O)n2)c(C)c1Br. The van der Waals surface area contributed by atoms with Crippen LogP contribution in [0.15, 0.2) is 4.47 Å². The number of halogens is 1. The third kappa shape index (κ3) is 2.18. The predicted molar refractivity (Wildman–Crippen MR) is 61.3 cm³/mol. The molecule has 0 bridgehead atoms. The molecule has 9 heteroatoms. The van der Waals surface area contributed by atoms with Gasteiger partial charge >= 0.3 is 0 Å². The number of carbonyl (C=O) groups excluding carboxylic acids is 1. The van der Waals surface area contributed by atoms with E-state index in [1.807, 2.05) is 13.8 Å². The van der Waals surface area contributed by atoms with Gasteiger partial charge in [0.2, 0.25) is 5.91 Å². The molecule has 0 spiro atoms. The maximum absolute atomic E-state index is 10.7. The maximum Gasteiger partial charge on any atom is 0.290 e. The maximum atomic E-state index is 10.7. The Kier molecular flexibility index (Phi) is 2.92. The number of tetrazole rings is 1. The Morgan fingerprint density at radius 1 is 1.41 bits per heavy atom. The Morgan fingerprint density at radius 2 is 2.12 bits per heavy atom. The van der Waals surface area contributed by atoms with Gasteiger partial charge in [-0.2, -0.15) is 14.6 Å². The Bertz CT molecular complexity index is 572. The first kappa shape index (κ1) is 11.7. The van der Waals surface area contributed by atoms with E-state index in [1.54, 1.807) is 4.68 Å². The van der Waals surface area contributed by atoms with Crippen molar-refractivity contribution in [2.75, 3.05) is 0 Å². The number of amides is 1. The molecule has 90 valence electrons. The third-order valence-electron chi connectivity index (χ3n) is 2.13. The van der Waals surface area contributed by atoms with Crippen LogP contribution >= 0.6 is 15.9 Å². The van der Waals surface area contributed by atoms with E-state index in [-0.39, 0.29) is 6.54 Å². The van der Waals surface area contributed by atoms with Crippen LogP contribution in [0.1, 0.15) is 11.4 Å². The minimum atomic E-state index is -0.525. The minimum Gasteiger partial charge on any atom is -0.368 e. The van der Waals surface area contributed by atoms with Gasteiger partial charge in [0.15, 0.2) is 0 Å². The summed E-state index contributed by atoms with van der Waals surface area (Å²) in [4.78, 5) is 11.8. The molecule has 2 N–H and O–H groups in total. The van der Waals surface area contributed by atoms with Crippen molar-refractivity contribution in [1.82, 2.24) is 30.0 Å². The zero-order valence-corrected chi connectivity index (χ0v) is 10.8. The van der Waals surface area contributed by atoms with Gasteiger partial charge in [-0.05, 0) is 35.0 Å². The van der Waals surface area contributed by atoms with E-state index in [2.05, 4.69) is 36.4 Å². The lowest BCUT2D eigenvalue weighted by Gasteiger charge is -1.96. The van der Waals surface area contributed by atoms with Crippen LogP contribution in [-0.4, -0.2) is 35.9 Å². The molecule has 8 nitrogen and oxygen atoms in total. The van der Waals surface area contributed by atoms with E-state index < -0.39 is 5.91 Å². The first-order valence-electron chi connectivity index (χ1n) is 4.77. The molecule has 2 heterocycles. The van der Waals surface area contributed by atoms with Gasteiger partial charge in [0.1, 0.15) is 6.54 Å². The summed E-state index contributed by atoms with van der Waals surface area (Å²) in [5.41, 5.74) is 6.72. The number of aryl methyl sites for hydroxylation is 1. The van der Waals surface area contributed by atoms with E-state index in [4.69, 9.17) is 5.73 Å². The van der Waals surface area contributed by atoms with Gasteiger partial charge in [-0.3, -0.25) is 4.79 Å². The number of nitrogens with zero attached hydrogens (tertiary/aromatic N) is 6. The number of aromatic nitrogens is 6. The Morgan fingerprint density at radius 3 is 2.65 bits per heavy atom. The molecule has 0 aliphatic carbocycles. The second-order valence-electron chi connectivity index (χ2n) is 3.48. The Labute approximate surface area is 105 Å².